The van der Waals surface area contributed by atoms with Gasteiger partial charge in [0.15, 0.2) is 0 Å². The maximum Gasteiger partial charge on any atom is 0.133 e. The van der Waals surface area contributed by atoms with Gasteiger partial charge in [-0.2, -0.15) is 0 Å². The van der Waals surface area contributed by atoms with Crippen molar-refractivity contribution < 1.29 is 4.79 Å². The minimum atomic E-state index is 0.455. The lowest BCUT2D eigenvalue weighted by atomic mass is 9.99. The van der Waals surface area contributed by atoms with Crippen LogP contribution in [0.2, 0.25) is 0 Å². The van der Waals surface area contributed by atoms with Gasteiger partial charge in [0.2, 0.25) is 0 Å². The summed E-state index contributed by atoms with van der Waals surface area (Å²) >= 11 is 0. The van der Waals surface area contributed by atoms with Crippen LogP contribution >= 0.6 is 0 Å². The van der Waals surface area contributed by atoms with Crippen LogP contribution in [-0.2, 0) is 4.79 Å². The van der Waals surface area contributed by atoms with Gasteiger partial charge < -0.3 is 0 Å². The molecule has 1 unspecified atom stereocenters. The molecule has 0 bridgehead atoms. The Bertz CT molecular complexity index is 170. The van der Waals surface area contributed by atoms with Gasteiger partial charge in [0.05, 0.1) is 0 Å². The number of rotatable bonds is 3. The summed E-state index contributed by atoms with van der Waals surface area (Å²) in [6.45, 7) is 5.90. The van der Waals surface area contributed by atoms with E-state index in [0.717, 1.165) is 25.7 Å². The molecule has 1 nitrogen and oxygen atoms in total. The number of ketones is 1. The first kappa shape index (κ1) is 8.51. The van der Waals surface area contributed by atoms with Crippen molar-refractivity contribution in [3.8, 4) is 0 Å². The smallest absolute Gasteiger partial charge is 0.133 e. The zero-order valence-electron chi connectivity index (χ0n) is 7.23. The van der Waals surface area contributed by atoms with Gasteiger partial charge in [-0.15, -0.1) is 6.58 Å². The van der Waals surface area contributed by atoms with Crippen LogP contribution < -0.4 is 0 Å². The summed E-state index contributed by atoms with van der Waals surface area (Å²) in [6.07, 6.45) is 5.03. The molecule has 0 saturated heterocycles. The first-order valence-corrected chi connectivity index (χ1v) is 4.34. The highest BCUT2D eigenvalue weighted by Gasteiger charge is 2.20. The van der Waals surface area contributed by atoms with Crippen molar-refractivity contribution in [2.24, 2.45) is 5.92 Å². The van der Waals surface area contributed by atoms with Crippen LogP contribution in [0.4, 0.5) is 0 Å². The highest BCUT2D eigenvalue weighted by molar-refractivity contribution is 5.80. The monoisotopic (exact) mass is 152 g/mol. The van der Waals surface area contributed by atoms with E-state index in [1.165, 1.54) is 12.0 Å². The minimum absolute atomic E-state index is 0.455. The molecule has 0 spiro atoms. The second-order valence-corrected chi connectivity index (χ2v) is 3.64. The summed E-state index contributed by atoms with van der Waals surface area (Å²) in [5, 5.41) is 0. The van der Waals surface area contributed by atoms with Gasteiger partial charge in [0, 0.05) is 12.8 Å². The van der Waals surface area contributed by atoms with Gasteiger partial charge in [0.1, 0.15) is 5.78 Å². The van der Waals surface area contributed by atoms with Crippen LogP contribution in [0.1, 0.15) is 39.0 Å². The normalized spacial score (nSPS) is 24.1. The summed E-state index contributed by atoms with van der Waals surface area (Å²) in [5.74, 6) is 1.12. The Morgan fingerprint density at radius 1 is 1.73 bits per heavy atom. The van der Waals surface area contributed by atoms with Gasteiger partial charge in [-0.05, 0) is 32.1 Å². The van der Waals surface area contributed by atoms with E-state index < -0.39 is 0 Å². The molecule has 1 aliphatic carbocycles. The zero-order valence-corrected chi connectivity index (χ0v) is 7.23. The maximum atomic E-state index is 10.9. The minimum Gasteiger partial charge on any atom is -0.300 e. The van der Waals surface area contributed by atoms with E-state index in [2.05, 4.69) is 13.5 Å². The molecule has 0 radical (unpaired) electrons. The molecule has 0 amide bonds. The lowest BCUT2D eigenvalue weighted by Gasteiger charge is -2.05. The van der Waals surface area contributed by atoms with Gasteiger partial charge >= 0.3 is 0 Å². The van der Waals surface area contributed by atoms with Crippen LogP contribution in [0, 0.1) is 5.92 Å². The molecule has 11 heavy (non-hydrogen) atoms. The predicted molar refractivity (Wildman–Crippen MR) is 46.4 cm³/mol. The molecule has 1 atom stereocenters. The molecule has 1 fully saturated rings. The third-order valence-electron chi connectivity index (χ3n) is 2.33. The van der Waals surface area contributed by atoms with E-state index in [-0.39, 0.29) is 0 Å². The van der Waals surface area contributed by atoms with E-state index in [1.807, 2.05) is 0 Å². The van der Waals surface area contributed by atoms with Gasteiger partial charge in [-0.25, -0.2) is 0 Å². The Morgan fingerprint density at radius 2 is 2.45 bits per heavy atom. The predicted octanol–water partition coefficient (Wildman–Crippen LogP) is 2.71. The number of carbonyl (C=O) groups is 1. The van der Waals surface area contributed by atoms with Gasteiger partial charge in [-0.1, -0.05) is 5.57 Å². The SMILES string of the molecule is C=C(C)CCC1CCC(=O)C1. The van der Waals surface area contributed by atoms with E-state index in [4.69, 9.17) is 0 Å². The average molecular weight is 152 g/mol. The maximum absolute atomic E-state index is 10.9. The topological polar surface area (TPSA) is 17.1 Å². The molecule has 0 aromatic heterocycles. The number of hydrogen-bond acceptors (Lipinski definition) is 1. The summed E-state index contributed by atoms with van der Waals surface area (Å²) in [4.78, 5) is 10.9. The average Bonchev–Trinajstić information content (AvgIpc) is 2.31. The highest BCUT2D eigenvalue weighted by atomic mass is 16.1. The van der Waals surface area contributed by atoms with Crippen molar-refractivity contribution in [1.82, 2.24) is 0 Å². The lowest BCUT2D eigenvalue weighted by molar-refractivity contribution is -0.117. The van der Waals surface area contributed by atoms with Crippen LogP contribution in [0.5, 0.6) is 0 Å². The van der Waals surface area contributed by atoms with E-state index in [0.29, 0.717) is 11.7 Å². The molecule has 1 rings (SSSR count). The molecule has 0 aliphatic heterocycles. The van der Waals surface area contributed by atoms with Gasteiger partial charge in [0.25, 0.3) is 0 Å². The Morgan fingerprint density at radius 3 is 2.91 bits per heavy atom. The largest absolute Gasteiger partial charge is 0.300 e. The fraction of sp³-hybridized carbons (Fsp3) is 0.700. The van der Waals surface area contributed by atoms with Crippen LogP contribution in [0.15, 0.2) is 12.2 Å². The second kappa shape index (κ2) is 3.70. The van der Waals surface area contributed by atoms with E-state index in [9.17, 15) is 4.79 Å². The molecule has 0 aromatic rings. The van der Waals surface area contributed by atoms with Crippen LogP contribution in [0.25, 0.3) is 0 Å². The van der Waals surface area contributed by atoms with E-state index >= 15 is 0 Å². The molecule has 62 valence electrons. The molecule has 1 saturated carbocycles. The van der Waals surface area contributed by atoms with Gasteiger partial charge in [-0.3, -0.25) is 4.79 Å². The first-order chi connectivity index (χ1) is 5.18. The fourth-order valence-corrected chi connectivity index (χ4v) is 1.59. The van der Waals surface area contributed by atoms with Crippen LogP contribution in [0.3, 0.4) is 0 Å². The van der Waals surface area contributed by atoms with Crippen molar-refractivity contribution in [2.45, 2.75) is 39.0 Å². The Balaban J connectivity index is 2.18. The summed E-state index contributed by atoms with van der Waals surface area (Å²) < 4.78 is 0. The van der Waals surface area contributed by atoms with E-state index in [1.54, 1.807) is 0 Å². The number of Topliss-reactive ketones (excluding diaryl/α,β-unsaturated/α-hetero) is 1. The van der Waals surface area contributed by atoms with Crippen LogP contribution in [-0.4, -0.2) is 5.78 Å². The molecule has 0 aromatic carbocycles. The van der Waals surface area contributed by atoms with Crippen molar-refractivity contribution >= 4 is 5.78 Å². The zero-order chi connectivity index (χ0) is 8.27. The third kappa shape index (κ3) is 2.87. The van der Waals surface area contributed by atoms with Crippen molar-refractivity contribution in [1.29, 1.82) is 0 Å². The van der Waals surface area contributed by atoms with Crippen molar-refractivity contribution in [3.63, 3.8) is 0 Å². The number of allylic oxidation sites excluding steroid dienone is 1. The molecule has 1 aliphatic rings. The van der Waals surface area contributed by atoms with Crippen molar-refractivity contribution in [2.75, 3.05) is 0 Å². The number of hydrogen-bond donors (Lipinski definition) is 0. The molecule has 0 N–H and O–H groups in total. The quantitative estimate of drug-likeness (QED) is 0.568. The Labute approximate surface area is 68.5 Å². The third-order valence-corrected chi connectivity index (χ3v) is 2.33. The summed E-state index contributed by atoms with van der Waals surface area (Å²) in [7, 11) is 0. The molecule has 1 heteroatoms. The van der Waals surface area contributed by atoms with Crippen molar-refractivity contribution in [3.05, 3.63) is 12.2 Å². The Kier molecular flexibility index (Phi) is 2.86. The molecular formula is C10H16O. The lowest BCUT2D eigenvalue weighted by Crippen LogP contribution is -1.95. The highest BCUT2D eigenvalue weighted by Crippen LogP contribution is 2.26. The molecule has 0 heterocycles. The fourth-order valence-electron chi connectivity index (χ4n) is 1.59. The second-order valence-electron chi connectivity index (χ2n) is 3.64. The summed E-state index contributed by atoms with van der Waals surface area (Å²) in [5.41, 5.74) is 1.24. The molecular weight excluding hydrogens is 136 g/mol. The first-order valence-electron chi connectivity index (χ1n) is 4.34. The Hall–Kier alpha value is -0.590. The number of carbonyl (C=O) groups excluding carboxylic acids is 1. The standard InChI is InChI=1S/C10H16O/c1-8(2)3-4-9-5-6-10(11)7-9/h9H,1,3-7H2,2H3. The summed E-state index contributed by atoms with van der Waals surface area (Å²) in [6, 6.07) is 0.